The van der Waals surface area contributed by atoms with Crippen LogP contribution in [0.1, 0.15) is 12.0 Å². The number of anilines is 1. The van der Waals surface area contributed by atoms with Gasteiger partial charge in [0.1, 0.15) is 5.69 Å². The van der Waals surface area contributed by atoms with Gasteiger partial charge < -0.3 is 10.5 Å². The van der Waals surface area contributed by atoms with Crippen LogP contribution in [0.2, 0.25) is 5.02 Å². The molecule has 0 spiro atoms. The number of carbonyl (C=O) groups excluding carboxylic acids is 1. The Hall–Kier alpha value is -2.08. The van der Waals surface area contributed by atoms with E-state index in [1.807, 2.05) is 0 Å². The molecule has 2 N–H and O–H groups in total. The Morgan fingerprint density at radius 3 is 2.83 bits per heavy atom. The zero-order valence-corrected chi connectivity index (χ0v) is 10.3. The number of nitrogens with zero attached hydrogens (tertiary/aromatic N) is 1. The van der Waals surface area contributed by atoms with Gasteiger partial charge in [-0.05, 0) is 11.6 Å². The Bertz CT molecular complexity index is 514. The van der Waals surface area contributed by atoms with Gasteiger partial charge in [0.05, 0.1) is 23.5 Å². The number of hydrogen-bond donors (Lipinski definition) is 1. The smallest absolute Gasteiger partial charge is 0.309 e. The first-order valence-electron chi connectivity index (χ1n) is 4.92. The molecule has 7 heteroatoms. The summed E-state index contributed by atoms with van der Waals surface area (Å²) in [6.07, 6.45) is 3.07. The third-order valence-electron chi connectivity index (χ3n) is 2.15. The molecule has 0 aliphatic heterocycles. The van der Waals surface area contributed by atoms with Crippen molar-refractivity contribution in [3.8, 4) is 0 Å². The van der Waals surface area contributed by atoms with E-state index >= 15 is 0 Å². The molecule has 0 aliphatic carbocycles. The summed E-state index contributed by atoms with van der Waals surface area (Å²) in [4.78, 5) is 21.0. The molecule has 1 aromatic rings. The van der Waals surface area contributed by atoms with Crippen molar-refractivity contribution in [3.63, 3.8) is 0 Å². The van der Waals surface area contributed by atoms with Gasteiger partial charge in [-0.1, -0.05) is 23.8 Å². The van der Waals surface area contributed by atoms with Crippen LogP contribution in [0, 0.1) is 10.1 Å². The molecule has 0 bridgehead atoms. The molecular weight excluding hydrogens is 260 g/mol. The minimum absolute atomic E-state index is 0.00452. The molecule has 0 heterocycles. The zero-order valence-electron chi connectivity index (χ0n) is 9.55. The summed E-state index contributed by atoms with van der Waals surface area (Å²) >= 11 is 5.89. The maximum absolute atomic E-state index is 10.9. The quantitative estimate of drug-likeness (QED) is 0.392. The number of nitro benzene ring substituents is 1. The van der Waals surface area contributed by atoms with Crippen molar-refractivity contribution >= 4 is 35.0 Å². The van der Waals surface area contributed by atoms with Crippen LogP contribution in [0.4, 0.5) is 11.4 Å². The molecule has 0 atom stereocenters. The summed E-state index contributed by atoms with van der Waals surface area (Å²) < 4.78 is 4.45. The van der Waals surface area contributed by atoms with Gasteiger partial charge in [0, 0.05) is 6.07 Å². The first-order valence-corrected chi connectivity index (χ1v) is 5.30. The summed E-state index contributed by atoms with van der Waals surface area (Å²) in [5.74, 6) is -0.410. The number of nitrogen functional groups attached to an aromatic ring is 1. The van der Waals surface area contributed by atoms with Crippen LogP contribution >= 0.6 is 11.6 Å². The van der Waals surface area contributed by atoms with E-state index in [1.54, 1.807) is 0 Å². The molecule has 1 rings (SSSR count). The molecule has 96 valence electrons. The van der Waals surface area contributed by atoms with Gasteiger partial charge in [-0.15, -0.1) is 0 Å². The van der Waals surface area contributed by atoms with Crippen molar-refractivity contribution in [2.45, 2.75) is 6.42 Å². The van der Waals surface area contributed by atoms with Gasteiger partial charge in [-0.25, -0.2) is 0 Å². The van der Waals surface area contributed by atoms with Gasteiger partial charge >= 0.3 is 5.97 Å². The minimum atomic E-state index is -0.594. The van der Waals surface area contributed by atoms with Gasteiger partial charge in [-0.2, -0.15) is 0 Å². The molecule has 0 fully saturated rings. The van der Waals surface area contributed by atoms with Gasteiger partial charge in [-0.3, -0.25) is 14.9 Å². The summed E-state index contributed by atoms with van der Waals surface area (Å²) in [6, 6.07) is 2.56. The van der Waals surface area contributed by atoms with Crippen LogP contribution in [0.15, 0.2) is 18.2 Å². The Labute approximate surface area is 108 Å². The third kappa shape index (κ3) is 3.46. The number of carbonyl (C=O) groups is 1. The lowest BCUT2D eigenvalue weighted by Gasteiger charge is -2.02. The normalized spacial score (nSPS) is 10.6. The van der Waals surface area contributed by atoms with Gasteiger partial charge in [0.15, 0.2) is 0 Å². The van der Waals surface area contributed by atoms with Crippen LogP contribution < -0.4 is 5.73 Å². The van der Waals surface area contributed by atoms with Crippen molar-refractivity contribution in [3.05, 3.63) is 38.9 Å². The maximum Gasteiger partial charge on any atom is 0.309 e. The van der Waals surface area contributed by atoms with Crippen molar-refractivity contribution in [1.82, 2.24) is 0 Å². The molecular formula is C11H11ClN2O4. The summed E-state index contributed by atoms with van der Waals surface area (Å²) in [6.45, 7) is 0. The third-order valence-corrected chi connectivity index (χ3v) is 2.48. The molecule has 0 saturated heterocycles. The van der Waals surface area contributed by atoms with E-state index in [1.165, 1.54) is 31.4 Å². The second-order valence-electron chi connectivity index (χ2n) is 3.37. The van der Waals surface area contributed by atoms with Crippen LogP contribution in [0.5, 0.6) is 0 Å². The van der Waals surface area contributed by atoms with E-state index in [9.17, 15) is 14.9 Å². The molecule has 0 radical (unpaired) electrons. The first-order chi connectivity index (χ1) is 8.45. The molecule has 1 aromatic carbocycles. The Kier molecular flexibility index (Phi) is 4.67. The topological polar surface area (TPSA) is 95.5 Å². The van der Waals surface area contributed by atoms with Gasteiger partial charge in [0.25, 0.3) is 5.69 Å². The number of nitrogens with two attached hydrogens (primary N) is 1. The fraction of sp³-hybridized carbons (Fsp3) is 0.182. The number of nitro groups is 1. The number of benzene rings is 1. The van der Waals surface area contributed by atoms with Crippen LogP contribution in [-0.2, 0) is 9.53 Å². The van der Waals surface area contributed by atoms with Crippen LogP contribution in [0.25, 0.3) is 6.08 Å². The number of hydrogen-bond acceptors (Lipinski definition) is 5. The fourth-order valence-corrected chi connectivity index (χ4v) is 1.48. The van der Waals surface area contributed by atoms with Crippen molar-refractivity contribution in [2.75, 3.05) is 12.8 Å². The van der Waals surface area contributed by atoms with E-state index in [0.29, 0.717) is 5.56 Å². The highest BCUT2D eigenvalue weighted by molar-refractivity contribution is 6.32. The number of halogens is 1. The maximum atomic E-state index is 10.9. The second-order valence-corrected chi connectivity index (χ2v) is 3.78. The average molecular weight is 271 g/mol. The van der Waals surface area contributed by atoms with Crippen molar-refractivity contribution in [1.29, 1.82) is 0 Å². The number of methoxy groups -OCH3 is 1. The Morgan fingerprint density at radius 2 is 2.28 bits per heavy atom. The first kappa shape index (κ1) is 14.0. The van der Waals surface area contributed by atoms with E-state index < -0.39 is 10.9 Å². The largest absolute Gasteiger partial charge is 0.469 e. The monoisotopic (exact) mass is 270 g/mol. The summed E-state index contributed by atoms with van der Waals surface area (Å²) in [5.41, 5.74) is 5.65. The number of ether oxygens (including phenoxy) is 1. The predicted molar refractivity (Wildman–Crippen MR) is 68.2 cm³/mol. The Balaban J connectivity index is 2.99. The van der Waals surface area contributed by atoms with E-state index in [2.05, 4.69) is 4.74 Å². The lowest BCUT2D eigenvalue weighted by Crippen LogP contribution is -1.97. The zero-order chi connectivity index (χ0) is 13.7. The van der Waals surface area contributed by atoms with E-state index in [4.69, 9.17) is 17.3 Å². The highest BCUT2D eigenvalue weighted by Gasteiger charge is 2.13. The SMILES string of the molecule is COC(=O)CC=Cc1cc([N+](=O)[O-])c(N)cc1Cl. The van der Waals surface area contributed by atoms with Crippen molar-refractivity contribution in [2.24, 2.45) is 0 Å². The predicted octanol–water partition coefficient (Wildman–Crippen LogP) is 2.41. The standard InChI is InChI=1S/C11H11ClN2O4/c1-18-11(15)4-2-3-7-5-10(14(16)17)9(13)6-8(7)12/h2-3,5-6H,4,13H2,1H3. The summed E-state index contributed by atoms with van der Waals surface area (Å²) in [5, 5.41) is 11.0. The second kappa shape index (κ2) is 6.02. The van der Waals surface area contributed by atoms with E-state index in [-0.39, 0.29) is 22.8 Å². The number of rotatable bonds is 4. The molecule has 6 nitrogen and oxygen atoms in total. The lowest BCUT2D eigenvalue weighted by atomic mass is 10.1. The van der Waals surface area contributed by atoms with Crippen LogP contribution in [-0.4, -0.2) is 18.0 Å². The molecule has 18 heavy (non-hydrogen) atoms. The summed E-state index contributed by atoms with van der Waals surface area (Å²) in [7, 11) is 1.28. The molecule has 0 unspecified atom stereocenters. The highest BCUT2D eigenvalue weighted by Crippen LogP contribution is 2.29. The Morgan fingerprint density at radius 1 is 1.61 bits per heavy atom. The lowest BCUT2D eigenvalue weighted by molar-refractivity contribution is -0.383. The fourth-order valence-electron chi connectivity index (χ4n) is 1.24. The van der Waals surface area contributed by atoms with Crippen molar-refractivity contribution < 1.29 is 14.5 Å². The molecule has 0 amide bonds. The molecule has 0 saturated carbocycles. The van der Waals surface area contributed by atoms with Gasteiger partial charge in [0.2, 0.25) is 0 Å². The molecule has 0 aliphatic rings. The van der Waals surface area contributed by atoms with E-state index in [0.717, 1.165) is 0 Å². The molecule has 0 aromatic heterocycles. The highest BCUT2D eigenvalue weighted by atomic mass is 35.5. The average Bonchev–Trinajstić information content (AvgIpc) is 2.31. The minimum Gasteiger partial charge on any atom is -0.469 e. The van der Waals surface area contributed by atoms with Crippen LogP contribution in [0.3, 0.4) is 0 Å². The number of esters is 1.